The quantitative estimate of drug-likeness (QED) is 0.0289. The lowest BCUT2D eigenvalue weighted by Crippen LogP contribution is -2.45. The van der Waals surface area contributed by atoms with Crippen LogP contribution in [-0.2, 0) is 18.4 Å². The fourth-order valence-corrected chi connectivity index (χ4v) is 5.86. The topological polar surface area (TPSA) is 108 Å². The third kappa shape index (κ3) is 36.3. The molecule has 0 radical (unpaired) electrons. The van der Waals surface area contributed by atoms with E-state index in [4.69, 9.17) is 9.05 Å². The van der Waals surface area contributed by atoms with Crippen molar-refractivity contribution in [3.8, 4) is 0 Å². The lowest BCUT2D eigenvalue weighted by Gasteiger charge is -2.29. The zero-order valence-electron chi connectivity index (χ0n) is 33.7. The van der Waals surface area contributed by atoms with Crippen LogP contribution in [0.15, 0.2) is 72.9 Å². The summed E-state index contributed by atoms with van der Waals surface area (Å²) in [5.41, 5.74) is 0. The summed E-state index contributed by atoms with van der Waals surface area (Å²) in [6.07, 6.45) is 45.2. The number of unbranched alkanes of at least 4 members (excludes halogenated alkanes) is 12. The first kappa shape index (κ1) is 49.9. The fourth-order valence-electron chi connectivity index (χ4n) is 5.14. The largest absolute Gasteiger partial charge is 0.756 e. The Labute approximate surface area is 319 Å². The standard InChI is InChI=1S/C43H77N2O6P/c1-6-8-10-12-14-16-18-20-22-24-26-28-30-32-34-36-42(46)41(40-51-52(48,49)50-39-38-45(3,4)5)44-43(47)37-35-33-31-29-27-25-23-21-19-17-15-13-11-9-7-2/h9,11,15,17-18,20-21,23,26,28,34,36,41-42,46H,6-8,10,12-14,16,19,22,24-25,27,29-33,35,37-40H2,1-5H3,(H-,44,47,48,49)/b11-9-,17-15-,20-18+,23-21-,28-26+,36-34+. The number of phosphoric acid groups is 1. The van der Waals surface area contributed by atoms with Crippen LogP contribution in [0.2, 0.25) is 0 Å². The Morgan fingerprint density at radius 3 is 1.79 bits per heavy atom. The van der Waals surface area contributed by atoms with Gasteiger partial charge in [-0.25, -0.2) is 0 Å². The zero-order chi connectivity index (χ0) is 38.6. The molecule has 0 aromatic rings. The van der Waals surface area contributed by atoms with Crippen molar-refractivity contribution in [1.29, 1.82) is 0 Å². The number of rotatable bonds is 35. The van der Waals surface area contributed by atoms with E-state index in [0.29, 0.717) is 17.4 Å². The summed E-state index contributed by atoms with van der Waals surface area (Å²) in [5, 5.41) is 13.7. The van der Waals surface area contributed by atoms with Gasteiger partial charge >= 0.3 is 0 Å². The number of likely N-dealkylation sites (N-methyl/N-ethyl adjacent to an activating group) is 1. The highest BCUT2D eigenvalue weighted by Gasteiger charge is 2.23. The van der Waals surface area contributed by atoms with Crippen LogP contribution in [0.25, 0.3) is 0 Å². The number of aliphatic hydroxyl groups is 1. The summed E-state index contributed by atoms with van der Waals surface area (Å²) < 4.78 is 23.1. The number of phosphoric ester groups is 1. The minimum absolute atomic E-state index is 0.0163. The molecule has 0 spiro atoms. The van der Waals surface area contributed by atoms with Gasteiger partial charge in [-0.1, -0.05) is 132 Å². The van der Waals surface area contributed by atoms with Gasteiger partial charge in [0.05, 0.1) is 39.9 Å². The van der Waals surface area contributed by atoms with Gasteiger partial charge in [0.15, 0.2) is 0 Å². The van der Waals surface area contributed by atoms with Gasteiger partial charge in [-0.2, -0.15) is 0 Å². The van der Waals surface area contributed by atoms with Crippen LogP contribution in [0.3, 0.4) is 0 Å². The number of hydrogen-bond acceptors (Lipinski definition) is 6. The third-order valence-electron chi connectivity index (χ3n) is 8.38. The van der Waals surface area contributed by atoms with Crippen LogP contribution in [0, 0.1) is 0 Å². The molecule has 3 unspecified atom stereocenters. The molecule has 0 fully saturated rings. The van der Waals surface area contributed by atoms with Crippen LogP contribution in [-0.4, -0.2) is 68.5 Å². The second-order valence-electron chi connectivity index (χ2n) is 14.6. The molecule has 0 saturated carbocycles. The molecule has 0 bridgehead atoms. The predicted molar refractivity (Wildman–Crippen MR) is 219 cm³/mol. The molecule has 8 nitrogen and oxygen atoms in total. The molecule has 0 aromatic carbocycles. The second kappa shape index (κ2) is 34.7. The minimum atomic E-state index is -4.60. The molecule has 0 aliphatic carbocycles. The van der Waals surface area contributed by atoms with E-state index in [1.807, 2.05) is 27.2 Å². The maximum absolute atomic E-state index is 12.8. The lowest BCUT2D eigenvalue weighted by atomic mass is 10.1. The van der Waals surface area contributed by atoms with Crippen molar-refractivity contribution >= 4 is 13.7 Å². The smallest absolute Gasteiger partial charge is 0.268 e. The van der Waals surface area contributed by atoms with Crippen LogP contribution < -0.4 is 10.2 Å². The molecule has 0 heterocycles. The molecule has 3 atom stereocenters. The Kier molecular flexibility index (Phi) is 33.3. The number of nitrogens with zero attached hydrogens (tertiary/aromatic N) is 1. The first-order chi connectivity index (χ1) is 25.0. The van der Waals surface area contributed by atoms with E-state index in [1.165, 1.54) is 32.1 Å². The number of nitrogens with one attached hydrogen (secondary N) is 1. The summed E-state index contributed by atoms with van der Waals surface area (Å²) in [7, 11) is 1.21. The van der Waals surface area contributed by atoms with Crippen molar-refractivity contribution in [2.45, 2.75) is 154 Å². The van der Waals surface area contributed by atoms with E-state index in [0.717, 1.165) is 89.9 Å². The number of aliphatic hydroxyl groups excluding tert-OH is 1. The molecule has 0 aromatic heterocycles. The number of carbonyl (C=O) groups is 1. The Hall–Kier alpha value is -2.06. The summed E-state index contributed by atoms with van der Waals surface area (Å²) in [5.74, 6) is -0.234. The van der Waals surface area contributed by atoms with Gasteiger partial charge in [0.1, 0.15) is 13.2 Å². The van der Waals surface area contributed by atoms with Crippen LogP contribution in [0.4, 0.5) is 0 Å². The number of carbonyl (C=O) groups excluding carboxylic acids is 1. The Balaban J connectivity index is 4.63. The van der Waals surface area contributed by atoms with Crippen LogP contribution in [0.1, 0.15) is 142 Å². The molecule has 0 aliphatic rings. The molecule has 0 aliphatic heterocycles. The number of allylic oxidation sites excluding steroid dienone is 11. The molecule has 300 valence electrons. The van der Waals surface area contributed by atoms with Crippen molar-refractivity contribution in [3.63, 3.8) is 0 Å². The molecule has 52 heavy (non-hydrogen) atoms. The summed E-state index contributed by atoms with van der Waals surface area (Å²) >= 11 is 0. The van der Waals surface area contributed by atoms with E-state index in [9.17, 15) is 19.4 Å². The van der Waals surface area contributed by atoms with E-state index in [1.54, 1.807) is 6.08 Å². The van der Waals surface area contributed by atoms with E-state index in [-0.39, 0.29) is 12.5 Å². The maximum Gasteiger partial charge on any atom is 0.268 e. The number of quaternary nitrogens is 1. The van der Waals surface area contributed by atoms with Gasteiger partial charge in [-0.05, 0) is 77.0 Å². The SMILES string of the molecule is CC/C=C\C/C=C\C/C=C\CCCCCCCC(=O)NC(COP(=O)([O-])OCC[N+](C)(C)C)C(O)/C=C/CC/C=C/CC/C=C/CCCCCCC. The Morgan fingerprint density at radius 2 is 1.19 bits per heavy atom. The normalized spacial score (nSPS) is 15.3. The molecule has 1 amide bonds. The van der Waals surface area contributed by atoms with Gasteiger partial charge in [0.25, 0.3) is 7.82 Å². The number of hydrogen-bond donors (Lipinski definition) is 2. The van der Waals surface area contributed by atoms with E-state index >= 15 is 0 Å². The summed E-state index contributed by atoms with van der Waals surface area (Å²) in [6.45, 7) is 4.44. The van der Waals surface area contributed by atoms with Crippen molar-refractivity contribution in [2.75, 3.05) is 40.9 Å². The van der Waals surface area contributed by atoms with E-state index < -0.39 is 26.6 Å². The summed E-state index contributed by atoms with van der Waals surface area (Å²) in [6, 6.07) is -0.920. The predicted octanol–water partition coefficient (Wildman–Crippen LogP) is 10.2. The second-order valence-corrected chi connectivity index (χ2v) is 16.0. The highest BCUT2D eigenvalue weighted by molar-refractivity contribution is 7.45. The molecule has 0 rings (SSSR count). The van der Waals surface area contributed by atoms with Gasteiger partial charge < -0.3 is 28.8 Å². The van der Waals surface area contributed by atoms with Crippen molar-refractivity contribution in [3.05, 3.63) is 72.9 Å². The highest BCUT2D eigenvalue weighted by atomic mass is 31.2. The van der Waals surface area contributed by atoms with Gasteiger partial charge in [-0.3, -0.25) is 9.36 Å². The minimum Gasteiger partial charge on any atom is -0.756 e. The Morgan fingerprint density at radius 1 is 0.692 bits per heavy atom. The molecular formula is C43H77N2O6P. The van der Waals surface area contributed by atoms with Gasteiger partial charge in [-0.15, -0.1) is 0 Å². The molecule has 2 N–H and O–H groups in total. The monoisotopic (exact) mass is 749 g/mol. The number of amides is 1. The average Bonchev–Trinajstić information content (AvgIpc) is 3.09. The lowest BCUT2D eigenvalue weighted by molar-refractivity contribution is -0.870. The van der Waals surface area contributed by atoms with Crippen molar-refractivity contribution in [2.24, 2.45) is 0 Å². The molecule has 0 saturated heterocycles. The van der Waals surface area contributed by atoms with Gasteiger partial charge in [0, 0.05) is 6.42 Å². The first-order valence-corrected chi connectivity index (χ1v) is 21.8. The van der Waals surface area contributed by atoms with Crippen molar-refractivity contribution in [1.82, 2.24) is 5.32 Å². The molecular weight excluding hydrogens is 671 g/mol. The third-order valence-corrected chi connectivity index (χ3v) is 9.34. The first-order valence-electron chi connectivity index (χ1n) is 20.3. The van der Waals surface area contributed by atoms with Crippen LogP contribution in [0.5, 0.6) is 0 Å². The fraction of sp³-hybridized carbons (Fsp3) is 0.698. The molecule has 9 heteroatoms. The highest BCUT2D eigenvalue weighted by Crippen LogP contribution is 2.38. The van der Waals surface area contributed by atoms with E-state index in [2.05, 4.69) is 79.9 Å². The average molecular weight is 749 g/mol. The zero-order valence-corrected chi connectivity index (χ0v) is 34.6. The van der Waals surface area contributed by atoms with Crippen LogP contribution >= 0.6 is 7.82 Å². The summed E-state index contributed by atoms with van der Waals surface area (Å²) in [4.78, 5) is 25.2. The van der Waals surface area contributed by atoms with Crippen molar-refractivity contribution < 1.29 is 32.9 Å². The Bertz CT molecular complexity index is 1080. The van der Waals surface area contributed by atoms with Gasteiger partial charge in [0.2, 0.25) is 5.91 Å². The maximum atomic E-state index is 12.8.